The number of hydrogen-bond acceptors (Lipinski definition) is 4. The molecule has 1 aromatic heterocycles. The number of halogens is 2. The number of fused-ring (bicyclic) bond motifs is 3. The normalized spacial score (nSPS) is 23.4. The highest BCUT2D eigenvalue weighted by molar-refractivity contribution is 6.34. The lowest BCUT2D eigenvalue weighted by Crippen LogP contribution is -2.51. The third kappa shape index (κ3) is 3.95. The van der Waals surface area contributed by atoms with Gasteiger partial charge in [-0.2, -0.15) is 0 Å². The molecule has 8 heteroatoms. The molecule has 2 saturated heterocycles. The summed E-state index contributed by atoms with van der Waals surface area (Å²) in [5.41, 5.74) is 1.03. The van der Waals surface area contributed by atoms with E-state index in [-0.39, 0.29) is 17.3 Å². The maximum absolute atomic E-state index is 13.5. The van der Waals surface area contributed by atoms with Gasteiger partial charge in [0.25, 0.3) is 0 Å². The van der Waals surface area contributed by atoms with E-state index in [2.05, 4.69) is 25.1 Å². The molecule has 27 heavy (non-hydrogen) atoms. The van der Waals surface area contributed by atoms with Gasteiger partial charge in [0.05, 0.1) is 23.6 Å². The van der Waals surface area contributed by atoms with Gasteiger partial charge in [0.2, 0.25) is 5.91 Å². The summed E-state index contributed by atoms with van der Waals surface area (Å²) in [4.78, 5) is 24.6. The van der Waals surface area contributed by atoms with Crippen molar-refractivity contribution in [3.05, 3.63) is 28.8 Å². The molecule has 1 aromatic carbocycles. The quantitative estimate of drug-likeness (QED) is 0.837. The van der Waals surface area contributed by atoms with Crippen LogP contribution >= 0.6 is 11.6 Å². The number of carbonyl (C=O) groups excluding carboxylic acids is 1. The minimum absolute atomic E-state index is 0.0792. The lowest BCUT2D eigenvalue weighted by Gasteiger charge is -2.34. The molecule has 2 bridgehead atoms. The number of piperazine rings is 1. The molecule has 6 nitrogen and oxygen atoms in total. The molecule has 0 saturated carbocycles. The summed E-state index contributed by atoms with van der Waals surface area (Å²) in [6.07, 6.45) is 1.07. The first-order valence-electron chi connectivity index (χ1n) is 9.31. The minimum atomic E-state index is -0.368. The van der Waals surface area contributed by atoms with Gasteiger partial charge in [0.15, 0.2) is 0 Å². The molecule has 4 rings (SSSR count). The summed E-state index contributed by atoms with van der Waals surface area (Å²) in [5.74, 6) is 0.504. The lowest BCUT2D eigenvalue weighted by molar-refractivity contribution is -0.124. The van der Waals surface area contributed by atoms with E-state index in [1.807, 2.05) is 20.8 Å². The molecular formula is C19H25ClFN5O. The van der Waals surface area contributed by atoms with Crippen LogP contribution in [0.3, 0.4) is 0 Å². The van der Waals surface area contributed by atoms with Gasteiger partial charge in [-0.15, -0.1) is 0 Å². The standard InChI is InChI=1S/C19H25ClFN5O/c1-19(2,3)24-17(27)10-26-8-12-6-13(26)7-25(12)9-16-22-15-5-11(21)4-14(20)18(15)23-16/h4-5,12-13H,6-10H2,1-3H3,(H,22,23)(H,24,27). The van der Waals surface area contributed by atoms with Crippen molar-refractivity contribution in [3.8, 4) is 0 Å². The number of likely N-dealkylation sites (tertiary alicyclic amines) is 2. The van der Waals surface area contributed by atoms with Gasteiger partial charge in [0.1, 0.15) is 17.2 Å². The number of imidazole rings is 1. The lowest BCUT2D eigenvalue weighted by atomic mass is 10.1. The number of nitrogens with one attached hydrogen (secondary N) is 2. The zero-order chi connectivity index (χ0) is 19.3. The fourth-order valence-corrected chi connectivity index (χ4v) is 4.47. The number of hydrogen-bond donors (Lipinski definition) is 2. The number of nitrogens with zero attached hydrogens (tertiary/aromatic N) is 3. The summed E-state index contributed by atoms with van der Waals surface area (Å²) >= 11 is 6.09. The van der Waals surface area contributed by atoms with E-state index in [4.69, 9.17) is 11.6 Å². The maximum Gasteiger partial charge on any atom is 0.234 e. The smallest absolute Gasteiger partial charge is 0.234 e. The Morgan fingerprint density at radius 3 is 2.70 bits per heavy atom. The van der Waals surface area contributed by atoms with Crippen LogP contribution in [0.4, 0.5) is 4.39 Å². The first-order valence-corrected chi connectivity index (χ1v) is 9.68. The van der Waals surface area contributed by atoms with Gasteiger partial charge in [-0.25, -0.2) is 9.37 Å². The van der Waals surface area contributed by atoms with E-state index >= 15 is 0 Å². The van der Waals surface area contributed by atoms with Crippen molar-refractivity contribution in [1.82, 2.24) is 25.1 Å². The monoisotopic (exact) mass is 393 g/mol. The number of aromatic nitrogens is 2. The largest absolute Gasteiger partial charge is 0.350 e. The summed E-state index contributed by atoms with van der Waals surface area (Å²) in [6, 6.07) is 3.51. The van der Waals surface area contributed by atoms with Gasteiger partial charge in [0, 0.05) is 30.7 Å². The number of benzene rings is 1. The van der Waals surface area contributed by atoms with E-state index in [1.54, 1.807) is 0 Å². The molecule has 2 atom stereocenters. The molecule has 2 aliphatic heterocycles. The molecule has 0 aliphatic carbocycles. The third-order valence-corrected chi connectivity index (χ3v) is 5.52. The van der Waals surface area contributed by atoms with Crippen LogP contribution in [-0.2, 0) is 11.3 Å². The van der Waals surface area contributed by atoms with E-state index in [0.717, 1.165) is 25.3 Å². The molecule has 2 aliphatic rings. The van der Waals surface area contributed by atoms with Crippen molar-refractivity contribution < 1.29 is 9.18 Å². The van der Waals surface area contributed by atoms with Crippen LogP contribution < -0.4 is 5.32 Å². The summed E-state index contributed by atoms with van der Waals surface area (Å²) < 4.78 is 13.5. The van der Waals surface area contributed by atoms with Gasteiger partial charge >= 0.3 is 0 Å². The highest BCUT2D eigenvalue weighted by Gasteiger charge is 2.43. The second-order valence-corrected chi connectivity index (χ2v) is 9.07. The summed E-state index contributed by atoms with van der Waals surface area (Å²) in [7, 11) is 0. The Kier molecular flexibility index (Phi) is 4.64. The Balaban J connectivity index is 1.37. The highest BCUT2D eigenvalue weighted by Crippen LogP contribution is 2.32. The Morgan fingerprint density at radius 2 is 2.04 bits per heavy atom. The average molecular weight is 394 g/mol. The Morgan fingerprint density at radius 1 is 1.33 bits per heavy atom. The first kappa shape index (κ1) is 18.7. The summed E-state index contributed by atoms with van der Waals surface area (Å²) in [5, 5.41) is 3.35. The molecule has 2 N–H and O–H groups in total. The Labute approximate surface area is 163 Å². The molecule has 2 fully saturated rings. The highest BCUT2D eigenvalue weighted by atomic mass is 35.5. The summed E-state index contributed by atoms with van der Waals surface area (Å²) in [6.45, 7) is 8.91. The molecule has 146 valence electrons. The van der Waals surface area contributed by atoms with Crippen molar-refractivity contribution in [1.29, 1.82) is 0 Å². The fourth-order valence-electron chi connectivity index (χ4n) is 4.22. The van der Waals surface area contributed by atoms with Crippen LogP contribution in [0.25, 0.3) is 11.0 Å². The second-order valence-electron chi connectivity index (χ2n) is 8.67. The van der Waals surface area contributed by atoms with Gasteiger partial charge in [-0.05, 0) is 39.3 Å². The Bertz CT molecular complexity index is 877. The maximum atomic E-state index is 13.5. The number of aromatic amines is 1. The predicted octanol–water partition coefficient (Wildman–Crippen LogP) is 2.53. The molecule has 0 spiro atoms. The second kappa shape index (κ2) is 6.72. The Hall–Kier alpha value is -1.70. The van der Waals surface area contributed by atoms with E-state index in [9.17, 15) is 9.18 Å². The number of amides is 1. The predicted molar refractivity (Wildman–Crippen MR) is 103 cm³/mol. The van der Waals surface area contributed by atoms with Crippen LogP contribution in [0.1, 0.15) is 33.0 Å². The number of rotatable bonds is 4. The molecule has 2 aromatic rings. The van der Waals surface area contributed by atoms with Gasteiger partial charge in [-0.3, -0.25) is 14.6 Å². The third-order valence-electron chi connectivity index (χ3n) is 5.24. The van der Waals surface area contributed by atoms with Crippen molar-refractivity contribution in [2.45, 2.75) is 51.4 Å². The number of H-pyrrole nitrogens is 1. The zero-order valence-electron chi connectivity index (χ0n) is 15.9. The fraction of sp³-hybridized carbons (Fsp3) is 0.579. The first-order chi connectivity index (χ1) is 12.7. The van der Waals surface area contributed by atoms with Crippen molar-refractivity contribution in [3.63, 3.8) is 0 Å². The molecular weight excluding hydrogens is 369 g/mol. The van der Waals surface area contributed by atoms with Crippen LogP contribution in [0, 0.1) is 5.82 Å². The minimum Gasteiger partial charge on any atom is -0.350 e. The van der Waals surface area contributed by atoms with Crippen LogP contribution in [0.15, 0.2) is 12.1 Å². The van der Waals surface area contributed by atoms with Crippen LogP contribution in [-0.4, -0.2) is 62.9 Å². The van der Waals surface area contributed by atoms with Crippen molar-refractivity contribution in [2.75, 3.05) is 19.6 Å². The van der Waals surface area contributed by atoms with E-state index in [0.29, 0.717) is 41.2 Å². The molecule has 1 amide bonds. The molecule has 3 heterocycles. The van der Waals surface area contributed by atoms with Crippen molar-refractivity contribution >= 4 is 28.5 Å². The van der Waals surface area contributed by atoms with Crippen molar-refractivity contribution in [2.24, 2.45) is 0 Å². The van der Waals surface area contributed by atoms with E-state index < -0.39 is 0 Å². The van der Waals surface area contributed by atoms with Gasteiger partial charge < -0.3 is 10.3 Å². The SMILES string of the molecule is CC(C)(C)NC(=O)CN1CC2CC1CN2Cc1nc2c(Cl)cc(F)cc2[nH]1. The molecule has 0 radical (unpaired) electrons. The van der Waals surface area contributed by atoms with Crippen LogP contribution in [0.5, 0.6) is 0 Å². The number of carbonyl (C=O) groups is 1. The average Bonchev–Trinajstić information content (AvgIpc) is 3.19. The van der Waals surface area contributed by atoms with Gasteiger partial charge in [-0.1, -0.05) is 11.6 Å². The van der Waals surface area contributed by atoms with Crippen LogP contribution in [0.2, 0.25) is 5.02 Å². The van der Waals surface area contributed by atoms with E-state index in [1.165, 1.54) is 12.1 Å². The molecule has 2 unspecified atom stereocenters. The topological polar surface area (TPSA) is 64.3 Å². The zero-order valence-corrected chi connectivity index (χ0v) is 16.6.